The first-order chi connectivity index (χ1) is 10.3. The molecule has 3 rings (SSSR count). The smallest absolute Gasteiger partial charge is 0.338 e. The number of benzene rings is 1. The first-order valence-corrected chi connectivity index (χ1v) is 6.79. The molecule has 0 atom stereocenters. The number of fused-ring (bicyclic) bond motifs is 1. The van der Waals surface area contributed by atoms with E-state index in [2.05, 4.69) is 14.5 Å². The standard InChI is InChI=1S/C16H15N3O2/c1-2-21-16(20)13-5-3-12(4-6-13)10-19-11-18-14-9-17-8-7-15(14)19/h3-9,11H,2,10H2,1H3. The normalized spacial score (nSPS) is 10.7. The van der Waals surface area contributed by atoms with Crippen LogP contribution in [0.4, 0.5) is 0 Å². The Bertz CT molecular complexity index is 763. The number of esters is 1. The van der Waals surface area contributed by atoms with Crippen LogP contribution in [0.25, 0.3) is 11.0 Å². The molecule has 0 fully saturated rings. The molecule has 0 spiro atoms. The Balaban J connectivity index is 1.80. The third-order valence-electron chi connectivity index (χ3n) is 3.24. The Morgan fingerprint density at radius 2 is 2.05 bits per heavy atom. The zero-order valence-electron chi connectivity index (χ0n) is 11.7. The quantitative estimate of drug-likeness (QED) is 0.690. The van der Waals surface area contributed by atoms with Crippen LogP contribution < -0.4 is 0 Å². The Kier molecular flexibility index (Phi) is 3.64. The number of carbonyl (C=O) groups is 1. The van der Waals surface area contributed by atoms with Crippen LogP contribution in [0.3, 0.4) is 0 Å². The van der Waals surface area contributed by atoms with Crippen LogP contribution in [0.2, 0.25) is 0 Å². The Labute approximate surface area is 122 Å². The fraction of sp³-hybridized carbons (Fsp3) is 0.188. The van der Waals surface area contributed by atoms with Crippen molar-refractivity contribution < 1.29 is 9.53 Å². The summed E-state index contributed by atoms with van der Waals surface area (Å²) in [6.07, 6.45) is 5.30. The van der Waals surface area contributed by atoms with Crippen molar-refractivity contribution in [3.05, 3.63) is 60.2 Å². The van der Waals surface area contributed by atoms with Gasteiger partial charge >= 0.3 is 5.97 Å². The first-order valence-electron chi connectivity index (χ1n) is 6.79. The number of ether oxygens (including phenoxy) is 1. The summed E-state index contributed by atoms with van der Waals surface area (Å²) in [5.74, 6) is -0.289. The third kappa shape index (κ3) is 2.76. The highest BCUT2D eigenvalue weighted by Gasteiger charge is 2.07. The number of nitrogens with zero attached hydrogens (tertiary/aromatic N) is 3. The van der Waals surface area contributed by atoms with Gasteiger partial charge in [0.25, 0.3) is 0 Å². The maximum absolute atomic E-state index is 11.6. The monoisotopic (exact) mass is 281 g/mol. The van der Waals surface area contributed by atoms with Gasteiger partial charge in [0.05, 0.1) is 30.2 Å². The molecule has 106 valence electrons. The summed E-state index contributed by atoms with van der Waals surface area (Å²) in [4.78, 5) is 20.0. The van der Waals surface area contributed by atoms with E-state index >= 15 is 0 Å². The lowest BCUT2D eigenvalue weighted by Gasteiger charge is -2.06. The lowest BCUT2D eigenvalue weighted by Crippen LogP contribution is -2.05. The second kappa shape index (κ2) is 5.75. The molecule has 0 saturated heterocycles. The van der Waals surface area contributed by atoms with E-state index in [1.54, 1.807) is 37.8 Å². The van der Waals surface area contributed by atoms with Gasteiger partial charge in [-0.25, -0.2) is 9.78 Å². The zero-order valence-corrected chi connectivity index (χ0v) is 11.7. The summed E-state index contributed by atoms with van der Waals surface area (Å²) in [7, 11) is 0. The molecule has 0 aliphatic heterocycles. The molecule has 1 aromatic carbocycles. The van der Waals surface area contributed by atoms with Gasteiger partial charge in [-0.2, -0.15) is 0 Å². The van der Waals surface area contributed by atoms with Crippen LogP contribution in [0.15, 0.2) is 49.1 Å². The van der Waals surface area contributed by atoms with Crippen molar-refractivity contribution in [3.63, 3.8) is 0 Å². The molecule has 3 aromatic rings. The van der Waals surface area contributed by atoms with Gasteiger partial charge in [-0.05, 0) is 30.7 Å². The summed E-state index contributed by atoms with van der Waals surface area (Å²) in [6.45, 7) is 2.88. The van der Waals surface area contributed by atoms with E-state index in [0.717, 1.165) is 16.6 Å². The van der Waals surface area contributed by atoms with E-state index in [1.807, 2.05) is 18.2 Å². The third-order valence-corrected chi connectivity index (χ3v) is 3.24. The van der Waals surface area contributed by atoms with E-state index < -0.39 is 0 Å². The largest absolute Gasteiger partial charge is 0.462 e. The highest BCUT2D eigenvalue weighted by atomic mass is 16.5. The molecule has 0 amide bonds. The van der Waals surface area contributed by atoms with E-state index in [9.17, 15) is 4.79 Å². The van der Waals surface area contributed by atoms with E-state index in [-0.39, 0.29) is 5.97 Å². The van der Waals surface area contributed by atoms with Gasteiger partial charge in [0.1, 0.15) is 5.52 Å². The topological polar surface area (TPSA) is 57.0 Å². The molecule has 21 heavy (non-hydrogen) atoms. The van der Waals surface area contributed by atoms with Crippen molar-refractivity contribution in [1.29, 1.82) is 0 Å². The Hall–Kier alpha value is -2.69. The molecule has 2 heterocycles. The van der Waals surface area contributed by atoms with Crippen LogP contribution in [-0.2, 0) is 11.3 Å². The summed E-state index contributed by atoms with van der Waals surface area (Å²) >= 11 is 0. The fourth-order valence-electron chi connectivity index (χ4n) is 2.20. The molecule has 0 bridgehead atoms. The minimum atomic E-state index is -0.289. The van der Waals surface area contributed by atoms with Crippen LogP contribution >= 0.6 is 0 Å². The van der Waals surface area contributed by atoms with E-state index in [4.69, 9.17) is 4.74 Å². The van der Waals surface area contributed by atoms with Gasteiger partial charge in [-0.3, -0.25) is 4.98 Å². The van der Waals surface area contributed by atoms with Gasteiger partial charge in [0.15, 0.2) is 0 Å². The van der Waals surface area contributed by atoms with Crippen molar-refractivity contribution in [2.75, 3.05) is 6.61 Å². The number of hydrogen-bond acceptors (Lipinski definition) is 4. The Morgan fingerprint density at radius 3 is 2.81 bits per heavy atom. The van der Waals surface area contributed by atoms with Gasteiger partial charge in [-0.1, -0.05) is 12.1 Å². The second-order valence-electron chi connectivity index (χ2n) is 4.65. The number of rotatable bonds is 4. The molecule has 2 aromatic heterocycles. The predicted molar refractivity (Wildman–Crippen MR) is 79.0 cm³/mol. The SMILES string of the molecule is CCOC(=O)c1ccc(Cn2cnc3cnccc32)cc1. The summed E-state index contributed by atoms with van der Waals surface area (Å²) in [6, 6.07) is 9.37. The maximum atomic E-state index is 11.6. The van der Waals surface area contributed by atoms with Crippen LogP contribution in [0.1, 0.15) is 22.8 Å². The molecule has 5 heteroatoms. The zero-order chi connectivity index (χ0) is 14.7. The molecule has 0 aliphatic rings. The van der Waals surface area contributed by atoms with Gasteiger partial charge in [-0.15, -0.1) is 0 Å². The lowest BCUT2D eigenvalue weighted by atomic mass is 10.1. The molecule has 0 unspecified atom stereocenters. The van der Waals surface area contributed by atoms with Crippen molar-refractivity contribution >= 4 is 17.0 Å². The highest BCUT2D eigenvalue weighted by Crippen LogP contribution is 2.14. The van der Waals surface area contributed by atoms with Crippen LogP contribution in [0.5, 0.6) is 0 Å². The number of carbonyl (C=O) groups excluding carboxylic acids is 1. The number of pyridine rings is 1. The second-order valence-corrected chi connectivity index (χ2v) is 4.65. The Morgan fingerprint density at radius 1 is 1.24 bits per heavy atom. The van der Waals surface area contributed by atoms with Crippen molar-refractivity contribution in [2.45, 2.75) is 13.5 Å². The summed E-state index contributed by atoms with van der Waals surface area (Å²) < 4.78 is 7.02. The average Bonchev–Trinajstić information content (AvgIpc) is 2.92. The number of aromatic nitrogens is 3. The van der Waals surface area contributed by atoms with Gasteiger partial charge < -0.3 is 9.30 Å². The summed E-state index contributed by atoms with van der Waals surface area (Å²) in [5, 5.41) is 0. The average molecular weight is 281 g/mol. The van der Waals surface area contributed by atoms with Crippen molar-refractivity contribution in [2.24, 2.45) is 0 Å². The van der Waals surface area contributed by atoms with E-state index in [0.29, 0.717) is 18.7 Å². The maximum Gasteiger partial charge on any atom is 0.338 e. The van der Waals surface area contributed by atoms with Gasteiger partial charge in [0, 0.05) is 12.7 Å². The molecule has 0 aliphatic carbocycles. The molecular weight excluding hydrogens is 266 g/mol. The van der Waals surface area contributed by atoms with Crippen molar-refractivity contribution in [3.8, 4) is 0 Å². The number of imidazole rings is 1. The minimum Gasteiger partial charge on any atom is -0.462 e. The molecule has 0 radical (unpaired) electrons. The highest BCUT2D eigenvalue weighted by molar-refractivity contribution is 5.89. The number of hydrogen-bond donors (Lipinski definition) is 0. The van der Waals surface area contributed by atoms with Crippen LogP contribution in [-0.4, -0.2) is 27.1 Å². The lowest BCUT2D eigenvalue weighted by molar-refractivity contribution is 0.0526. The van der Waals surface area contributed by atoms with Crippen molar-refractivity contribution in [1.82, 2.24) is 14.5 Å². The van der Waals surface area contributed by atoms with E-state index in [1.165, 1.54) is 0 Å². The van der Waals surface area contributed by atoms with Crippen LogP contribution in [0, 0.1) is 0 Å². The predicted octanol–water partition coefficient (Wildman–Crippen LogP) is 2.66. The summed E-state index contributed by atoms with van der Waals surface area (Å²) in [5.41, 5.74) is 3.58. The molecular formula is C16H15N3O2. The molecule has 0 saturated carbocycles. The first kappa shape index (κ1) is 13.3. The minimum absolute atomic E-state index is 0.289. The molecule has 5 nitrogen and oxygen atoms in total. The van der Waals surface area contributed by atoms with Gasteiger partial charge in [0.2, 0.25) is 0 Å². The molecule has 0 N–H and O–H groups in total. The fourth-order valence-corrected chi connectivity index (χ4v) is 2.20.